The summed E-state index contributed by atoms with van der Waals surface area (Å²) < 4.78 is 24.5. The number of nitrogens with two attached hydrogens (primary N) is 2. The maximum absolute atomic E-state index is 12.3. The van der Waals surface area contributed by atoms with Gasteiger partial charge in [0.2, 0.25) is 0 Å². The number of hydrogen-bond acceptors (Lipinski definition) is 4. The Morgan fingerprint density at radius 3 is 2.45 bits per heavy atom. The molecule has 1 saturated heterocycles. The van der Waals surface area contributed by atoms with Crippen LogP contribution in [0.15, 0.2) is 28.1 Å². The average molecular weight is 324 g/mol. The van der Waals surface area contributed by atoms with Gasteiger partial charge in [0.15, 0.2) is 15.8 Å². The van der Waals surface area contributed by atoms with Crippen LogP contribution < -0.4 is 16.4 Å². The van der Waals surface area contributed by atoms with Crippen molar-refractivity contribution < 1.29 is 13.2 Å². The van der Waals surface area contributed by atoms with Gasteiger partial charge in [-0.25, -0.2) is 8.42 Å². The lowest BCUT2D eigenvalue weighted by Crippen LogP contribution is -2.24. The normalized spacial score (nSPS) is 14.9. The third-order valence-corrected chi connectivity index (χ3v) is 5.37. The fourth-order valence-corrected chi connectivity index (χ4v) is 3.55. The van der Waals surface area contributed by atoms with Gasteiger partial charge in [-0.2, -0.15) is 4.99 Å². The molecule has 1 aliphatic heterocycles. The van der Waals surface area contributed by atoms with Crippen molar-refractivity contribution in [3.63, 3.8) is 0 Å². The summed E-state index contributed by atoms with van der Waals surface area (Å²) in [6.07, 6.45) is 2.00. The standard InChI is InChI=1S/C14H20N4O3S/c1-2-22(20,21)12-6-5-10(13(19)17-14(15)16)9-11(12)18-7-3-4-8-18/h5-6,9H,2-4,7-8H2,1H3,(H4,15,16,17,19). The molecule has 0 spiro atoms. The second kappa shape index (κ2) is 6.35. The molecule has 1 heterocycles. The lowest BCUT2D eigenvalue weighted by Gasteiger charge is -2.21. The fraction of sp³-hybridized carbons (Fsp3) is 0.429. The van der Waals surface area contributed by atoms with Crippen molar-refractivity contribution in [2.45, 2.75) is 24.7 Å². The van der Waals surface area contributed by atoms with Crippen LogP contribution in [-0.4, -0.2) is 39.1 Å². The van der Waals surface area contributed by atoms with E-state index in [-0.39, 0.29) is 22.2 Å². The Hall–Kier alpha value is -2.09. The van der Waals surface area contributed by atoms with Crippen molar-refractivity contribution in [1.82, 2.24) is 0 Å². The first-order valence-electron chi connectivity index (χ1n) is 7.11. The summed E-state index contributed by atoms with van der Waals surface area (Å²) in [7, 11) is -3.37. The van der Waals surface area contributed by atoms with Crippen molar-refractivity contribution in [1.29, 1.82) is 0 Å². The summed E-state index contributed by atoms with van der Waals surface area (Å²) in [6, 6.07) is 4.46. The van der Waals surface area contributed by atoms with E-state index in [1.54, 1.807) is 13.0 Å². The van der Waals surface area contributed by atoms with Crippen molar-refractivity contribution in [2.75, 3.05) is 23.7 Å². The molecule has 0 saturated carbocycles. The molecule has 1 amide bonds. The topological polar surface area (TPSA) is 119 Å². The number of carbonyl (C=O) groups excluding carboxylic acids is 1. The number of amides is 1. The molecular weight excluding hydrogens is 304 g/mol. The zero-order valence-corrected chi connectivity index (χ0v) is 13.3. The first kappa shape index (κ1) is 16.3. The van der Waals surface area contributed by atoms with Crippen LogP contribution in [0.2, 0.25) is 0 Å². The molecule has 1 fully saturated rings. The summed E-state index contributed by atoms with van der Waals surface area (Å²) >= 11 is 0. The number of anilines is 1. The summed E-state index contributed by atoms with van der Waals surface area (Å²) in [5.41, 5.74) is 11.2. The molecule has 2 rings (SSSR count). The van der Waals surface area contributed by atoms with Gasteiger partial charge in [0.05, 0.1) is 16.3 Å². The third-order valence-electron chi connectivity index (χ3n) is 3.60. The zero-order valence-electron chi connectivity index (χ0n) is 12.4. The monoisotopic (exact) mass is 324 g/mol. The van der Waals surface area contributed by atoms with Gasteiger partial charge in [0.1, 0.15) is 0 Å². The molecule has 7 nitrogen and oxygen atoms in total. The summed E-state index contributed by atoms with van der Waals surface area (Å²) in [5, 5.41) is 0. The number of hydrogen-bond donors (Lipinski definition) is 2. The van der Waals surface area contributed by atoms with Crippen LogP contribution in [-0.2, 0) is 9.84 Å². The van der Waals surface area contributed by atoms with E-state index in [4.69, 9.17) is 11.5 Å². The number of guanidine groups is 1. The van der Waals surface area contributed by atoms with Gasteiger partial charge in [-0.05, 0) is 31.0 Å². The molecule has 0 unspecified atom stereocenters. The highest BCUT2D eigenvalue weighted by atomic mass is 32.2. The van der Waals surface area contributed by atoms with E-state index >= 15 is 0 Å². The highest BCUT2D eigenvalue weighted by Crippen LogP contribution is 2.30. The molecule has 0 aliphatic carbocycles. The number of aliphatic imine (C=N–C) groups is 1. The van der Waals surface area contributed by atoms with E-state index in [1.165, 1.54) is 12.1 Å². The SMILES string of the molecule is CCS(=O)(=O)c1ccc(C(=O)N=C(N)N)cc1N1CCCC1. The molecule has 4 N–H and O–H groups in total. The van der Waals surface area contributed by atoms with Crippen molar-refractivity contribution in [3.05, 3.63) is 23.8 Å². The van der Waals surface area contributed by atoms with Gasteiger partial charge in [-0.15, -0.1) is 0 Å². The minimum absolute atomic E-state index is 0.00896. The Balaban J connectivity index is 2.53. The van der Waals surface area contributed by atoms with E-state index in [0.717, 1.165) is 25.9 Å². The molecule has 0 radical (unpaired) electrons. The minimum Gasteiger partial charge on any atom is -0.370 e. The van der Waals surface area contributed by atoms with Crippen LogP contribution in [0.25, 0.3) is 0 Å². The smallest absolute Gasteiger partial charge is 0.280 e. The first-order chi connectivity index (χ1) is 10.3. The van der Waals surface area contributed by atoms with E-state index in [0.29, 0.717) is 5.69 Å². The summed E-state index contributed by atoms with van der Waals surface area (Å²) in [4.78, 5) is 17.7. The number of rotatable bonds is 4. The lowest BCUT2D eigenvalue weighted by molar-refractivity contribution is 0.100. The Kier molecular flexibility index (Phi) is 4.70. The molecule has 1 aromatic carbocycles. The van der Waals surface area contributed by atoms with E-state index in [1.807, 2.05) is 4.90 Å². The van der Waals surface area contributed by atoms with E-state index in [9.17, 15) is 13.2 Å². The Labute approximate surface area is 129 Å². The van der Waals surface area contributed by atoms with Gasteiger partial charge in [-0.1, -0.05) is 6.92 Å². The number of benzene rings is 1. The highest BCUT2D eigenvalue weighted by Gasteiger charge is 2.24. The van der Waals surface area contributed by atoms with Gasteiger partial charge in [0.25, 0.3) is 5.91 Å². The first-order valence-corrected chi connectivity index (χ1v) is 8.76. The molecule has 1 aromatic rings. The molecular formula is C14H20N4O3S. The Morgan fingerprint density at radius 1 is 1.27 bits per heavy atom. The van der Waals surface area contributed by atoms with Gasteiger partial charge < -0.3 is 16.4 Å². The molecule has 1 aliphatic rings. The lowest BCUT2D eigenvalue weighted by atomic mass is 10.2. The zero-order chi connectivity index (χ0) is 16.3. The third kappa shape index (κ3) is 3.38. The molecule has 22 heavy (non-hydrogen) atoms. The van der Waals surface area contributed by atoms with Crippen molar-refractivity contribution in [2.24, 2.45) is 16.5 Å². The maximum Gasteiger partial charge on any atom is 0.280 e. The fourth-order valence-electron chi connectivity index (χ4n) is 2.46. The van der Waals surface area contributed by atoms with Crippen LogP contribution in [0.5, 0.6) is 0 Å². The van der Waals surface area contributed by atoms with Crippen molar-refractivity contribution in [3.8, 4) is 0 Å². The van der Waals surface area contributed by atoms with Crippen LogP contribution in [0, 0.1) is 0 Å². The molecule has 8 heteroatoms. The van der Waals surface area contributed by atoms with Crippen molar-refractivity contribution >= 4 is 27.4 Å². The summed E-state index contributed by atoms with van der Waals surface area (Å²) in [6.45, 7) is 3.14. The number of sulfone groups is 1. The average Bonchev–Trinajstić information content (AvgIpc) is 3.00. The maximum atomic E-state index is 12.3. The molecule has 120 valence electrons. The minimum atomic E-state index is -3.37. The largest absolute Gasteiger partial charge is 0.370 e. The second-order valence-electron chi connectivity index (χ2n) is 5.12. The Morgan fingerprint density at radius 2 is 1.91 bits per heavy atom. The molecule has 0 bridgehead atoms. The van der Waals surface area contributed by atoms with Crippen LogP contribution in [0.1, 0.15) is 30.1 Å². The summed E-state index contributed by atoms with van der Waals surface area (Å²) in [5.74, 6) is -0.895. The predicted molar refractivity (Wildman–Crippen MR) is 85.8 cm³/mol. The predicted octanol–water partition coefficient (Wildman–Crippen LogP) is 0.494. The Bertz CT molecular complexity index is 703. The quantitative estimate of drug-likeness (QED) is 0.614. The van der Waals surface area contributed by atoms with Gasteiger partial charge >= 0.3 is 0 Å². The van der Waals surface area contributed by atoms with Gasteiger partial charge in [0, 0.05) is 18.7 Å². The van der Waals surface area contributed by atoms with E-state index < -0.39 is 15.7 Å². The van der Waals surface area contributed by atoms with Crippen LogP contribution >= 0.6 is 0 Å². The highest BCUT2D eigenvalue weighted by molar-refractivity contribution is 7.91. The van der Waals surface area contributed by atoms with Gasteiger partial charge in [-0.3, -0.25) is 4.79 Å². The van der Waals surface area contributed by atoms with Crippen LogP contribution in [0.3, 0.4) is 0 Å². The van der Waals surface area contributed by atoms with Crippen LogP contribution in [0.4, 0.5) is 5.69 Å². The van der Waals surface area contributed by atoms with E-state index in [2.05, 4.69) is 4.99 Å². The molecule has 0 aromatic heterocycles. The second-order valence-corrected chi connectivity index (χ2v) is 7.37. The number of carbonyl (C=O) groups is 1. The number of nitrogens with zero attached hydrogens (tertiary/aromatic N) is 2. The molecule has 0 atom stereocenters.